The molecule has 0 saturated carbocycles. The van der Waals surface area contributed by atoms with Crippen molar-refractivity contribution in [3.8, 4) is 0 Å². The van der Waals surface area contributed by atoms with Crippen molar-refractivity contribution in [1.82, 2.24) is 14.9 Å². The summed E-state index contributed by atoms with van der Waals surface area (Å²) in [5, 5.41) is 2.84. The fourth-order valence-corrected chi connectivity index (χ4v) is 3.33. The second kappa shape index (κ2) is 9.59. The number of aryl methyl sites for hydroxylation is 1. The largest absolute Gasteiger partial charge is 0.462 e. The van der Waals surface area contributed by atoms with Crippen LogP contribution in [0.15, 0.2) is 39.8 Å². The van der Waals surface area contributed by atoms with Crippen molar-refractivity contribution >= 4 is 23.0 Å². The number of aromatic nitrogens is 2. The van der Waals surface area contributed by atoms with Gasteiger partial charge in [-0.05, 0) is 37.3 Å². The van der Waals surface area contributed by atoms with E-state index >= 15 is 0 Å². The van der Waals surface area contributed by atoms with Crippen LogP contribution >= 0.6 is 0 Å². The van der Waals surface area contributed by atoms with E-state index in [1.54, 1.807) is 13.8 Å². The van der Waals surface area contributed by atoms with Crippen LogP contribution in [0.4, 0.5) is 0 Å². The SMILES string of the molecule is CCOC(=O)c1c(C)oc2ncn(CC(=O)NCCc3ccc(C(C)C)cc3)c(=O)c12. The van der Waals surface area contributed by atoms with E-state index in [0.29, 0.717) is 18.9 Å². The number of esters is 1. The van der Waals surface area contributed by atoms with E-state index in [1.807, 2.05) is 0 Å². The van der Waals surface area contributed by atoms with Crippen LogP contribution in [-0.4, -0.2) is 34.6 Å². The van der Waals surface area contributed by atoms with Crippen molar-refractivity contribution < 1.29 is 18.7 Å². The third-order valence-electron chi connectivity index (χ3n) is 5.03. The third kappa shape index (κ3) is 5.02. The van der Waals surface area contributed by atoms with E-state index in [0.717, 1.165) is 10.1 Å². The van der Waals surface area contributed by atoms with E-state index in [2.05, 4.69) is 48.4 Å². The van der Waals surface area contributed by atoms with Crippen LogP contribution in [-0.2, 0) is 22.5 Å². The van der Waals surface area contributed by atoms with Gasteiger partial charge in [-0.15, -0.1) is 0 Å². The lowest BCUT2D eigenvalue weighted by molar-refractivity contribution is -0.121. The number of ether oxygens (including phenoxy) is 1. The van der Waals surface area contributed by atoms with Crippen molar-refractivity contribution in [1.29, 1.82) is 0 Å². The third-order valence-corrected chi connectivity index (χ3v) is 5.03. The predicted octanol–water partition coefficient (Wildman–Crippen LogP) is 2.96. The molecule has 0 unspecified atom stereocenters. The quantitative estimate of drug-likeness (QED) is 0.557. The van der Waals surface area contributed by atoms with Gasteiger partial charge < -0.3 is 14.5 Å². The van der Waals surface area contributed by atoms with Gasteiger partial charge in [-0.3, -0.25) is 14.2 Å². The highest BCUT2D eigenvalue weighted by atomic mass is 16.5. The smallest absolute Gasteiger partial charge is 0.342 e. The average molecular weight is 425 g/mol. The van der Waals surface area contributed by atoms with Crippen LogP contribution in [0, 0.1) is 6.92 Å². The monoisotopic (exact) mass is 425 g/mol. The number of fused-ring (bicyclic) bond motifs is 1. The van der Waals surface area contributed by atoms with Crippen LogP contribution in [0.3, 0.4) is 0 Å². The van der Waals surface area contributed by atoms with Crippen molar-refractivity contribution in [2.45, 2.75) is 46.6 Å². The Morgan fingerprint density at radius 3 is 2.58 bits per heavy atom. The highest BCUT2D eigenvalue weighted by molar-refractivity contribution is 6.03. The maximum Gasteiger partial charge on any atom is 0.342 e. The van der Waals surface area contributed by atoms with E-state index in [4.69, 9.17) is 9.15 Å². The van der Waals surface area contributed by atoms with Crippen LogP contribution < -0.4 is 10.9 Å². The summed E-state index contributed by atoms with van der Waals surface area (Å²) in [4.78, 5) is 41.5. The summed E-state index contributed by atoms with van der Waals surface area (Å²) in [6, 6.07) is 8.30. The Kier molecular flexibility index (Phi) is 6.89. The number of nitrogens with zero attached hydrogens (tertiary/aromatic N) is 2. The molecule has 8 heteroatoms. The molecule has 3 rings (SSSR count). The van der Waals surface area contributed by atoms with E-state index in [-0.39, 0.29) is 41.5 Å². The molecule has 1 aromatic carbocycles. The summed E-state index contributed by atoms with van der Waals surface area (Å²) in [5.74, 6) is -0.242. The Labute approximate surface area is 180 Å². The first kappa shape index (κ1) is 22.3. The number of hydrogen-bond acceptors (Lipinski definition) is 6. The Balaban J connectivity index is 1.67. The summed E-state index contributed by atoms with van der Waals surface area (Å²) in [6.45, 7) is 7.94. The van der Waals surface area contributed by atoms with Crippen molar-refractivity contribution in [3.63, 3.8) is 0 Å². The molecule has 0 aliphatic carbocycles. The fraction of sp³-hybridized carbons (Fsp3) is 0.391. The van der Waals surface area contributed by atoms with Crippen molar-refractivity contribution in [2.75, 3.05) is 13.2 Å². The van der Waals surface area contributed by atoms with Gasteiger partial charge in [-0.1, -0.05) is 38.1 Å². The highest BCUT2D eigenvalue weighted by Crippen LogP contribution is 2.21. The minimum atomic E-state index is -0.650. The highest BCUT2D eigenvalue weighted by Gasteiger charge is 2.24. The first-order valence-corrected chi connectivity index (χ1v) is 10.3. The molecule has 2 heterocycles. The number of carbonyl (C=O) groups is 2. The standard InChI is InChI=1S/C23H27N3O5/c1-5-30-23(29)19-15(4)31-21-20(19)22(28)26(13-25-21)12-18(27)24-11-10-16-6-8-17(9-7-16)14(2)3/h6-9,13-14H,5,10-12H2,1-4H3,(H,24,27). The molecule has 1 amide bonds. The maximum atomic E-state index is 12.9. The second-order valence-electron chi connectivity index (χ2n) is 7.61. The lowest BCUT2D eigenvalue weighted by atomic mass is 10.0. The number of furan rings is 1. The number of nitrogens with one attached hydrogen (secondary N) is 1. The van der Waals surface area contributed by atoms with Gasteiger partial charge in [0.05, 0.1) is 6.61 Å². The first-order chi connectivity index (χ1) is 14.8. The van der Waals surface area contributed by atoms with Gasteiger partial charge in [-0.25, -0.2) is 9.78 Å². The van der Waals surface area contributed by atoms with Gasteiger partial charge in [0.15, 0.2) is 0 Å². The molecule has 3 aromatic rings. The Hall–Kier alpha value is -3.42. The van der Waals surface area contributed by atoms with Gasteiger partial charge >= 0.3 is 5.97 Å². The zero-order valence-corrected chi connectivity index (χ0v) is 18.2. The summed E-state index contributed by atoms with van der Waals surface area (Å²) >= 11 is 0. The number of benzene rings is 1. The molecule has 0 spiro atoms. The van der Waals surface area contributed by atoms with Crippen LogP contribution in [0.25, 0.3) is 11.1 Å². The molecule has 0 radical (unpaired) electrons. The van der Waals surface area contributed by atoms with Gasteiger partial charge in [0.1, 0.15) is 29.6 Å². The van der Waals surface area contributed by atoms with Crippen molar-refractivity contribution in [3.05, 3.63) is 63.4 Å². The molecular formula is C23H27N3O5. The Morgan fingerprint density at radius 2 is 1.94 bits per heavy atom. The van der Waals surface area contributed by atoms with Crippen LogP contribution in [0.5, 0.6) is 0 Å². The minimum absolute atomic E-state index is 0.0245. The summed E-state index contributed by atoms with van der Waals surface area (Å²) in [6.07, 6.45) is 1.93. The Morgan fingerprint density at radius 1 is 1.23 bits per heavy atom. The molecule has 0 fully saturated rings. The van der Waals surface area contributed by atoms with Crippen molar-refractivity contribution in [2.24, 2.45) is 0 Å². The molecule has 0 atom stereocenters. The number of rotatable bonds is 8. The number of carbonyl (C=O) groups excluding carboxylic acids is 2. The minimum Gasteiger partial charge on any atom is -0.462 e. The molecule has 164 valence electrons. The molecule has 0 bridgehead atoms. The average Bonchev–Trinajstić information content (AvgIpc) is 3.07. The van der Waals surface area contributed by atoms with Gasteiger partial charge in [0.25, 0.3) is 5.56 Å². The van der Waals surface area contributed by atoms with Gasteiger partial charge in [0.2, 0.25) is 11.6 Å². The van der Waals surface area contributed by atoms with Crippen LogP contribution in [0.2, 0.25) is 0 Å². The predicted molar refractivity (Wildman–Crippen MR) is 116 cm³/mol. The Bertz CT molecular complexity index is 1140. The first-order valence-electron chi connectivity index (χ1n) is 10.3. The molecular weight excluding hydrogens is 398 g/mol. The number of amides is 1. The zero-order valence-electron chi connectivity index (χ0n) is 18.2. The van der Waals surface area contributed by atoms with Crippen LogP contribution in [0.1, 0.15) is 53.9 Å². The lowest BCUT2D eigenvalue weighted by Crippen LogP contribution is -2.33. The normalized spacial score (nSPS) is 11.1. The van der Waals surface area contributed by atoms with E-state index in [1.165, 1.54) is 11.9 Å². The summed E-state index contributed by atoms with van der Waals surface area (Å²) < 4.78 is 11.6. The van der Waals surface area contributed by atoms with E-state index < -0.39 is 11.5 Å². The summed E-state index contributed by atoms with van der Waals surface area (Å²) in [5.41, 5.74) is 1.97. The fourth-order valence-electron chi connectivity index (χ4n) is 3.33. The van der Waals surface area contributed by atoms with Gasteiger partial charge in [0, 0.05) is 6.54 Å². The molecule has 0 aliphatic rings. The van der Waals surface area contributed by atoms with E-state index in [9.17, 15) is 14.4 Å². The second-order valence-corrected chi connectivity index (χ2v) is 7.61. The zero-order chi connectivity index (χ0) is 22.5. The molecule has 0 saturated heterocycles. The topological polar surface area (TPSA) is 103 Å². The molecule has 0 aliphatic heterocycles. The number of hydrogen-bond donors (Lipinski definition) is 1. The molecule has 2 aromatic heterocycles. The molecule has 8 nitrogen and oxygen atoms in total. The molecule has 31 heavy (non-hydrogen) atoms. The summed E-state index contributed by atoms with van der Waals surface area (Å²) in [7, 11) is 0. The molecule has 1 N–H and O–H groups in total. The maximum absolute atomic E-state index is 12.9. The van der Waals surface area contributed by atoms with Gasteiger partial charge in [-0.2, -0.15) is 0 Å². The lowest BCUT2D eigenvalue weighted by Gasteiger charge is -2.09.